The highest BCUT2D eigenvalue weighted by atomic mass is 19.1. The molecule has 0 amide bonds. The highest BCUT2D eigenvalue weighted by molar-refractivity contribution is 5.69. The minimum absolute atomic E-state index is 0.00864. The molecular weight excluding hydrogens is 243 g/mol. The lowest BCUT2D eigenvalue weighted by Crippen LogP contribution is -1.95. The summed E-state index contributed by atoms with van der Waals surface area (Å²) in [5, 5.41) is 9.02. The Hall–Kier alpha value is -2.20. The number of imidazole rings is 1. The first-order chi connectivity index (χ1) is 9.08. The topological polar surface area (TPSA) is 38.1 Å². The first kappa shape index (κ1) is 13.2. The molecule has 0 aliphatic heterocycles. The molecule has 1 aromatic carbocycles. The molecule has 3 nitrogen and oxygen atoms in total. The van der Waals surface area contributed by atoms with Gasteiger partial charge in [-0.1, -0.05) is 37.4 Å². The molecule has 19 heavy (non-hydrogen) atoms. The fraction of sp³-hybridized carbons (Fsp3) is 0.133. The Kier molecular flexibility index (Phi) is 3.62. The highest BCUT2D eigenvalue weighted by Crippen LogP contribution is 2.26. The van der Waals surface area contributed by atoms with Crippen molar-refractivity contribution >= 4 is 11.9 Å². The molecular formula is C15H15FN2O. The van der Waals surface area contributed by atoms with Crippen LogP contribution < -0.4 is 0 Å². The van der Waals surface area contributed by atoms with Crippen LogP contribution in [0.4, 0.5) is 4.39 Å². The van der Waals surface area contributed by atoms with Gasteiger partial charge in [-0.2, -0.15) is 0 Å². The van der Waals surface area contributed by atoms with Crippen LogP contribution in [0.25, 0.3) is 23.3 Å². The molecule has 0 saturated heterocycles. The van der Waals surface area contributed by atoms with Crippen LogP contribution in [-0.4, -0.2) is 14.7 Å². The Morgan fingerprint density at radius 2 is 2.05 bits per heavy atom. The molecule has 0 atom stereocenters. The second-order valence-corrected chi connectivity index (χ2v) is 4.19. The van der Waals surface area contributed by atoms with Crippen molar-refractivity contribution in [2.75, 3.05) is 0 Å². The smallest absolute Gasteiger partial charge is 0.143 e. The summed E-state index contributed by atoms with van der Waals surface area (Å²) in [5.74, 6) is 0.0527. The lowest BCUT2D eigenvalue weighted by atomic mass is 10.1. The van der Waals surface area contributed by atoms with Crippen molar-refractivity contribution in [1.29, 1.82) is 0 Å². The summed E-state index contributed by atoms with van der Waals surface area (Å²) in [4.78, 5) is 4.26. The number of aromatic nitrogens is 2. The minimum atomic E-state index is -0.580. The van der Waals surface area contributed by atoms with E-state index >= 15 is 0 Å². The molecule has 0 aliphatic carbocycles. The molecule has 98 valence electrons. The number of halogens is 1. The standard InChI is InChI=1S/C15H15FN2O/c1-4-13-14(10(2)16)17-15(18(13)3)12-7-5-11(9-19)6-8-12/h4-8,19H,1-2,9H2,3H3. The normalized spacial score (nSPS) is 10.5. The number of hydrogen-bond acceptors (Lipinski definition) is 2. The van der Waals surface area contributed by atoms with Gasteiger partial charge in [-0.3, -0.25) is 0 Å². The Labute approximate surface area is 111 Å². The molecule has 0 saturated carbocycles. The summed E-state index contributed by atoms with van der Waals surface area (Å²) in [6.07, 6.45) is 1.55. The largest absolute Gasteiger partial charge is 0.392 e. The van der Waals surface area contributed by atoms with Gasteiger partial charge in [-0.15, -0.1) is 0 Å². The Morgan fingerprint density at radius 1 is 1.42 bits per heavy atom. The first-order valence-corrected chi connectivity index (χ1v) is 5.82. The average molecular weight is 258 g/mol. The predicted octanol–water partition coefficient (Wildman–Crippen LogP) is 3.16. The lowest BCUT2D eigenvalue weighted by molar-refractivity contribution is 0.282. The molecule has 1 N–H and O–H groups in total. The summed E-state index contributed by atoms with van der Waals surface area (Å²) in [6.45, 7) is 6.95. The van der Waals surface area contributed by atoms with E-state index < -0.39 is 5.83 Å². The minimum Gasteiger partial charge on any atom is -0.392 e. The monoisotopic (exact) mass is 258 g/mol. The second-order valence-electron chi connectivity index (χ2n) is 4.19. The van der Waals surface area contributed by atoms with Gasteiger partial charge in [-0.25, -0.2) is 9.37 Å². The third-order valence-electron chi connectivity index (χ3n) is 2.98. The number of aliphatic hydroxyl groups excluding tert-OH is 1. The number of benzene rings is 1. The molecule has 0 bridgehead atoms. The van der Waals surface area contributed by atoms with Crippen LogP contribution >= 0.6 is 0 Å². The Balaban J connectivity index is 2.55. The van der Waals surface area contributed by atoms with Crippen LogP contribution in [0.5, 0.6) is 0 Å². The van der Waals surface area contributed by atoms with Gasteiger partial charge in [0.1, 0.15) is 17.3 Å². The number of rotatable bonds is 4. The SMILES string of the molecule is C=Cc1c(C(=C)F)nc(-c2ccc(CO)cc2)n1C. The van der Waals surface area contributed by atoms with Gasteiger partial charge in [0, 0.05) is 12.6 Å². The zero-order valence-electron chi connectivity index (χ0n) is 10.7. The number of nitrogens with zero attached hydrogens (tertiary/aromatic N) is 2. The van der Waals surface area contributed by atoms with Crippen LogP contribution in [0.2, 0.25) is 0 Å². The average Bonchev–Trinajstić information content (AvgIpc) is 2.76. The third kappa shape index (κ3) is 2.35. The van der Waals surface area contributed by atoms with Crippen LogP contribution in [-0.2, 0) is 13.7 Å². The van der Waals surface area contributed by atoms with Gasteiger partial charge in [0.05, 0.1) is 12.3 Å². The van der Waals surface area contributed by atoms with Crippen molar-refractivity contribution in [3.63, 3.8) is 0 Å². The van der Waals surface area contributed by atoms with Gasteiger partial charge >= 0.3 is 0 Å². The zero-order valence-corrected chi connectivity index (χ0v) is 10.7. The van der Waals surface area contributed by atoms with Crippen molar-refractivity contribution < 1.29 is 9.50 Å². The fourth-order valence-corrected chi connectivity index (χ4v) is 1.96. The van der Waals surface area contributed by atoms with E-state index in [0.29, 0.717) is 11.5 Å². The Morgan fingerprint density at radius 3 is 2.47 bits per heavy atom. The molecule has 0 aliphatic rings. The van der Waals surface area contributed by atoms with Crippen molar-refractivity contribution in [1.82, 2.24) is 9.55 Å². The van der Waals surface area contributed by atoms with Gasteiger partial charge in [0.25, 0.3) is 0 Å². The third-order valence-corrected chi connectivity index (χ3v) is 2.98. The van der Waals surface area contributed by atoms with Crippen LogP contribution in [0.1, 0.15) is 17.0 Å². The molecule has 2 rings (SSSR count). The van der Waals surface area contributed by atoms with Crippen LogP contribution in [0.3, 0.4) is 0 Å². The van der Waals surface area contributed by atoms with Gasteiger partial charge in [0.2, 0.25) is 0 Å². The molecule has 0 radical (unpaired) electrons. The maximum Gasteiger partial charge on any atom is 0.143 e. The quantitative estimate of drug-likeness (QED) is 0.914. The van der Waals surface area contributed by atoms with Crippen molar-refractivity contribution in [2.45, 2.75) is 6.61 Å². The molecule has 1 heterocycles. The van der Waals surface area contributed by atoms with E-state index in [0.717, 1.165) is 11.1 Å². The highest BCUT2D eigenvalue weighted by Gasteiger charge is 2.15. The van der Waals surface area contributed by atoms with E-state index in [4.69, 9.17) is 5.11 Å². The molecule has 0 fully saturated rings. The predicted molar refractivity (Wildman–Crippen MR) is 74.8 cm³/mol. The van der Waals surface area contributed by atoms with E-state index in [1.807, 2.05) is 24.3 Å². The molecule has 0 spiro atoms. The van der Waals surface area contributed by atoms with Gasteiger partial charge in [-0.05, 0) is 11.6 Å². The summed E-state index contributed by atoms with van der Waals surface area (Å²) < 4.78 is 15.1. The second kappa shape index (κ2) is 5.20. The van der Waals surface area contributed by atoms with E-state index in [1.54, 1.807) is 17.7 Å². The van der Waals surface area contributed by atoms with Crippen molar-refractivity contribution in [3.8, 4) is 11.4 Å². The van der Waals surface area contributed by atoms with E-state index in [1.165, 1.54) is 0 Å². The summed E-state index contributed by atoms with van der Waals surface area (Å²) >= 11 is 0. The fourth-order valence-electron chi connectivity index (χ4n) is 1.96. The summed E-state index contributed by atoms with van der Waals surface area (Å²) in [6, 6.07) is 7.29. The molecule has 4 heteroatoms. The molecule has 1 aromatic heterocycles. The lowest BCUT2D eigenvalue weighted by Gasteiger charge is -2.04. The maximum absolute atomic E-state index is 13.4. The van der Waals surface area contributed by atoms with Gasteiger partial charge in [0.15, 0.2) is 0 Å². The summed E-state index contributed by atoms with van der Waals surface area (Å²) in [7, 11) is 1.80. The van der Waals surface area contributed by atoms with Crippen molar-refractivity contribution in [2.24, 2.45) is 7.05 Å². The zero-order chi connectivity index (χ0) is 14.0. The molecule has 0 unspecified atom stereocenters. The van der Waals surface area contributed by atoms with E-state index in [2.05, 4.69) is 18.1 Å². The first-order valence-electron chi connectivity index (χ1n) is 5.82. The summed E-state index contributed by atoms with van der Waals surface area (Å²) in [5.41, 5.74) is 2.46. The molecule has 2 aromatic rings. The Bertz CT molecular complexity index is 626. The van der Waals surface area contributed by atoms with Crippen LogP contribution in [0.15, 0.2) is 37.4 Å². The van der Waals surface area contributed by atoms with E-state index in [-0.39, 0.29) is 12.3 Å². The number of aliphatic hydroxyl groups is 1. The van der Waals surface area contributed by atoms with Gasteiger partial charge < -0.3 is 9.67 Å². The van der Waals surface area contributed by atoms with E-state index in [9.17, 15) is 4.39 Å². The number of hydrogen-bond donors (Lipinski definition) is 1. The maximum atomic E-state index is 13.4. The van der Waals surface area contributed by atoms with Crippen molar-refractivity contribution in [3.05, 3.63) is 54.4 Å². The van der Waals surface area contributed by atoms with Crippen LogP contribution in [0, 0.1) is 0 Å².